The molecule has 0 saturated heterocycles. The van der Waals surface area contributed by atoms with Crippen molar-refractivity contribution in [1.82, 2.24) is 0 Å². The maximum Gasteiger partial charge on any atom is 0.0398 e. The second-order valence-electron chi connectivity index (χ2n) is 4.47. The van der Waals surface area contributed by atoms with Crippen LogP contribution >= 0.6 is 12.6 Å². The van der Waals surface area contributed by atoms with E-state index in [4.69, 9.17) is 0 Å². The zero-order valence-corrected chi connectivity index (χ0v) is 10.2. The summed E-state index contributed by atoms with van der Waals surface area (Å²) in [4.78, 5) is 2.51. The van der Waals surface area contributed by atoms with Gasteiger partial charge in [-0.2, -0.15) is 12.6 Å². The molecule has 0 saturated carbocycles. The van der Waals surface area contributed by atoms with Crippen molar-refractivity contribution in [2.45, 2.75) is 19.8 Å². The Morgan fingerprint density at radius 2 is 2.20 bits per heavy atom. The Labute approximate surface area is 97.9 Å². The molecule has 1 aromatic carbocycles. The van der Waals surface area contributed by atoms with Crippen LogP contribution in [-0.2, 0) is 6.42 Å². The number of nitrogens with zero attached hydrogens (tertiary/aromatic N) is 1. The van der Waals surface area contributed by atoms with Crippen LogP contribution in [0.1, 0.15) is 18.9 Å². The number of hydrogen-bond donors (Lipinski definition) is 1. The van der Waals surface area contributed by atoms with E-state index in [0.717, 1.165) is 12.3 Å². The van der Waals surface area contributed by atoms with Gasteiger partial charge in [-0.25, -0.2) is 0 Å². The van der Waals surface area contributed by atoms with E-state index in [1.165, 1.54) is 30.6 Å². The highest BCUT2D eigenvalue weighted by Gasteiger charge is 2.17. The lowest BCUT2D eigenvalue weighted by atomic mass is 10.0. The molecular weight excluding hydrogens is 202 g/mol. The Morgan fingerprint density at radius 1 is 1.40 bits per heavy atom. The summed E-state index contributed by atoms with van der Waals surface area (Å²) in [6.07, 6.45) is 2.53. The van der Waals surface area contributed by atoms with E-state index >= 15 is 0 Å². The minimum absolute atomic E-state index is 0.666. The number of hydrogen-bond acceptors (Lipinski definition) is 2. The number of aryl methyl sites for hydroxylation is 1. The van der Waals surface area contributed by atoms with Crippen LogP contribution in [0.5, 0.6) is 0 Å². The third-order valence-electron chi connectivity index (χ3n) is 3.05. The molecule has 15 heavy (non-hydrogen) atoms. The van der Waals surface area contributed by atoms with Crippen LogP contribution in [0.4, 0.5) is 5.69 Å². The third-order valence-corrected chi connectivity index (χ3v) is 3.67. The first kappa shape index (κ1) is 10.9. The van der Waals surface area contributed by atoms with Gasteiger partial charge in [0.25, 0.3) is 0 Å². The zero-order chi connectivity index (χ0) is 10.7. The van der Waals surface area contributed by atoms with Crippen LogP contribution in [0.2, 0.25) is 0 Å². The summed E-state index contributed by atoms with van der Waals surface area (Å²) in [6, 6.07) is 8.79. The van der Waals surface area contributed by atoms with Crippen LogP contribution in [0.3, 0.4) is 0 Å². The highest BCUT2D eigenvalue weighted by Crippen LogP contribution is 2.27. The lowest BCUT2D eigenvalue weighted by molar-refractivity contribution is 0.592. The van der Waals surface area contributed by atoms with Crippen LogP contribution in [-0.4, -0.2) is 18.8 Å². The van der Waals surface area contributed by atoms with Crippen LogP contribution < -0.4 is 4.90 Å². The largest absolute Gasteiger partial charge is 0.371 e. The number of anilines is 1. The minimum atomic E-state index is 0.666. The summed E-state index contributed by atoms with van der Waals surface area (Å²) in [5, 5.41) is 0. The first-order valence-electron chi connectivity index (χ1n) is 5.75. The Morgan fingerprint density at radius 3 is 3.00 bits per heavy atom. The van der Waals surface area contributed by atoms with E-state index < -0.39 is 0 Å². The molecule has 0 radical (unpaired) electrons. The zero-order valence-electron chi connectivity index (χ0n) is 9.32. The maximum absolute atomic E-state index is 4.36. The van der Waals surface area contributed by atoms with E-state index in [2.05, 4.69) is 48.7 Å². The van der Waals surface area contributed by atoms with Gasteiger partial charge in [-0.15, -0.1) is 0 Å². The molecule has 0 N–H and O–H groups in total. The molecule has 2 rings (SSSR count). The van der Waals surface area contributed by atoms with Gasteiger partial charge in [0, 0.05) is 18.8 Å². The van der Waals surface area contributed by atoms with Gasteiger partial charge < -0.3 is 4.90 Å². The Hall–Kier alpha value is -0.630. The van der Waals surface area contributed by atoms with E-state index in [1.807, 2.05) is 0 Å². The summed E-state index contributed by atoms with van der Waals surface area (Å²) < 4.78 is 0. The molecule has 0 bridgehead atoms. The van der Waals surface area contributed by atoms with Crippen LogP contribution in [0.15, 0.2) is 24.3 Å². The van der Waals surface area contributed by atoms with Crippen molar-refractivity contribution >= 4 is 18.3 Å². The molecule has 1 aliphatic heterocycles. The highest BCUT2D eigenvalue weighted by molar-refractivity contribution is 7.80. The SMILES string of the molecule is CC(CS)CN1CCCc2ccccc21. The van der Waals surface area contributed by atoms with Gasteiger partial charge in [-0.05, 0) is 36.1 Å². The first-order valence-corrected chi connectivity index (χ1v) is 6.38. The monoisotopic (exact) mass is 221 g/mol. The molecule has 1 aromatic rings. The molecule has 1 heterocycles. The minimum Gasteiger partial charge on any atom is -0.371 e. The fraction of sp³-hybridized carbons (Fsp3) is 0.538. The predicted molar refractivity (Wildman–Crippen MR) is 70.0 cm³/mol. The average Bonchev–Trinajstić information content (AvgIpc) is 2.29. The fourth-order valence-electron chi connectivity index (χ4n) is 2.24. The molecule has 1 nitrogen and oxygen atoms in total. The molecule has 2 heteroatoms. The number of thiol groups is 1. The van der Waals surface area contributed by atoms with Gasteiger partial charge in [0.2, 0.25) is 0 Å². The van der Waals surface area contributed by atoms with Gasteiger partial charge in [-0.1, -0.05) is 25.1 Å². The summed E-state index contributed by atoms with van der Waals surface area (Å²) in [5.74, 6) is 1.64. The molecule has 0 fully saturated rings. The molecule has 0 aromatic heterocycles. The molecule has 1 atom stereocenters. The second-order valence-corrected chi connectivity index (χ2v) is 4.83. The van der Waals surface area contributed by atoms with Crippen molar-refractivity contribution in [3.8, 4) is 0 Å². The standard InChI is InChI=1S/C13H19NS/c1-11(10-15)9-14-8-4-6-12-5-2-3-7-13(12)14/h2-3,5,7,11,15H,4,6,8-10H2,1H3. The molecule has 0 aliphatic carbocycles. The number of benzene rings is 1. The van der Waals surface area contributed by atoms with Gasteiger partial charge in [0.05, 0.1) is 0 Å². The van der Waals surface area contributed by atoms with Crippen LogP contribution in [0.25, 0.3) is 0 Å². The summed E-state index contributed by atoms with van der Waals surface area (Å²) in [7, 11) is 0. The van der Waals surface area contributed by atoms with Crippen molar-refractivity contribution in [2.75, 3.05) is 23.7 Å². The number of fused-ring (bicyclic) bond motifs is 1. The summed E-state index contributed by atoms with van der Waals surface area (Å²) in [6.45, 7) is 4.61. The normalized spacial score (nSPS) is 17.3. The Kier molecular flexibility index (Phi) is 3.57. The van der Waals surface area contributed by atoms with Gasteiger partial charge in [0.1, 0.15) is 0 Å². The van der Waals surface area contributed by atoms with Crippen molar-refractivity contribution < 1.29 is 0 Å². The molecular formula is C13H19NS. The lowest BCUT2D eigenvalue weighted by Gasteiger charge is -2.33. The topological polar surface area (TPSA) is 3.24 Å². The molecule has 0 spiro atoms. The second kappa shape index (κ2) is 4.93. The Bertz CT molecular complexity index is 324. The Balaban J connectivity index is 2.15. The molecule has 0 amide bonds. The van der Waals surface area contributed by atoms with Crippen molar-refractivity contribution in [3.63, 3.8) is 0 Å². The molecule has 82 valence electrons. The average molecular weight is 221 g/mol. The van der Waals surface area contributed by atoms with Gasteiger partial charge >= 0.3 is 0 Å². The van der Waals surface area contributed by atoms with Crippen molar-refractivity contribution in [2.24, 2.45) is 5.92 Å². The maximum atomic E-state index is 4.36. The molecule has 1 unspecified atom stereocenters. The highest BCUT2D eigenvalue weighted by atomic mass is 32.1. The fourth-order valence-corrected chi connectivity index (χ4v) is 2.35. The van der Waals surface area contributed by atoms with E-state index in [0.29, 0.717) is 5.92 Å². The number of rotatable bonds is 3. The summed E-state index contributed by atoms with van der Waals surface area (Å²) >= 11 is 4.36. The van der Waals surface area contributed by atoms with Crippen molar-refractivity contribution in [3.05, 3.63) is 29.8 Å². The van der Waals surface area contributed by atoms with Crippen molar-refractivity contribution in [1.29, 1.82) is 0 Å². The number of para-hydroxylation sites is 1. The quantitative estimate of drug-likeness (QED) is 0.768. The van der Waals surface area contributed by atoms with E-state index in [9.17, 15) is 0 Å². The lowest BCUT2D eigenvalue weighted by Crippen LogP contribution is -2.33. The first-order chi connectivity index (χ1) is 7.31. The van der Waals surface area contributed by atoms with E-state index in [1.54, 1.807) is 0 Å². The van der Waals surface area contributed by atoms with E-state index in [-0.39, 0.29) is 0 Å². The smallest absolute Gasteiger partial charge is 0.0398 e. The van der Waals surface area contributed by atoms with Gasteiger partial charge in [0.15, 0.2) is 0 Å². The molecule has 1 aliphatic rings. The third kappa shape index (κ3) is 2.49. The van der Waals surface area contributed by atoms with Gasteiger partial charge in [-0.3, -0.25) is 0 Å². The summed E-state index contributed by atoms with van der Waals surface area (Å²) in [5.41, 5.74) is 2.95. The van der Waals surface area contributed by atoms with Crippen LogP contribution in [0, 0.1) is 5.92 Å². The predicted octanol–water partition coefficient (Wildman–Crippen LogP) is 3.01.